The molecule has 0 radical (unpaired) electrons. The summed E-state index contributed by atoms with van der Waals surface area (Å²) >= 11 is 5.04. The smallest absolute Gasteiger partial charge is 0.258 e. The predicted molar refractivity (Wildman–Crippen MR) is 182 cm³/mol. The minimum atomic E-state index is -1.94. The van der Waals surface area contributed by atoms with Gasteiger partial charge in [-0.2, -0.15) is 0 Å². The number of benzene rings is 1. The first-order valence-electron chi connectivity index (χ1n) is 16.3. The van der Waals surface area contributed by atoms with Gasteiger partial charge < -0.3 is 25.4 Å². The van der Waals surface area contributed by atoms with Gasteiger partial charge in [-0.3, -0.25) is 14.4 Å². The average molecular weight is 724 g/mol. The van der Waals surface area contributed by atoms with Gasteiger partial charge in [0.15, 0.2) is 5.67 Å². The molecule has 2 aromatic rings. The van der Waals surface area contributed by atoms with E-state index >= 15 is 0 Å². The molecule has 1 saturated heterocycles. The Morgan fingerprint density at radius 3 is 2.50 bits per heavy atom. The molecule has 2 fully saturated rings. The van der Waals surface area contributed by atoms with Crippen molar-refractivity contribution in [3.05, 3.63) is 35.0 Å². The van der Waals surface area contributed by atoms with E-state index < -0.39 is 47.0 Å². The predicted octanol–water partition coefficient (Wildman–Crippen LogP) is 5.84. The van der Waals surface area contributed by atoms with Crippen LogP contribution in [0.2, 0.25) is 0 Å². The van der Waals surface area contributed by atoms with E-state index in [-0.39, 0.29) is 32.4 Å². The van der Waals surface area contributed by atoms with Crippen molar-refractivity contribution in [2.45, 2.75) is 116 Å². The Balaban J connectivity index is 1.43. The maximum Gasteiger partial charge on any atom is 0.258 e. The number of alkyl halides is 2. The molecular formula is C34H48BrFN4O5S. The van der Waals surface area contributed by atoms with E-state index in [9.17, 15) is 23.9 Å². The molecule has 9 nitrogen and oxygen atoms in total. The lowest BCUT2D eigenvalue weighted by Gasteiger charge is -2.35. The maximum atomic E-state index is 14.5. The van der Waals surface area contributed by atoms with Gasteiger partial charge in [-0.1, -0.05) is 74.5 Å². The molecule has 4 rings (SSSR count). The van der Waals surface area contributed by atoms with E-state index in [1.807, 2.05) is 30.6 Å². The van der Waals surface area contributed by atoms with Gasteiger partial charge in [0.05, 0.1) is 28.8 Å². The van der Waals surface area contributed by atoms with Crippen molar-refractivity contribution >= 4 is 45.0 Å². The topological polar surface area (TPSA) is 121 Å². The van der Waals surface area contributed by atoms with Crippen LogP contribution in [0.25, 0.3) is 10.4 Å². The number of aliphatic hydroxyl groups excluding tert-OH is 1. The highest BCUT2D eigenvalue weighted by atomic mass is 79.9. The molecule has 1 aromatic heterocycles. The fourth-order valence-corrected chi connectivity index (χ4v) is 6.86. The number of hydrogen-bond donors (Lipinski definition) is 3. The fraction of sp³-hybridized carbons (Fsp3) is 0.647. The quantitative estimate of drug-likeness (QED) is 0.148. The van der Waals surface area contributed by atoms with Gasteiger partial charge in [-0.25, -0.2) is 9.37 Å². The molecule has 1 saturated carbocycles. The summed E-state index contributed by atoms with van der Waals surface area (Å²) in [6, 6.07) is 3.93. The van der Waals surface area contributed by atoms with Crippen molar-refractivity contribution in [2.24, 2.45) is 5.41 Å². The number of aromatic nitrogens is 1. The third-order valence-corrected chi connectivity index (χ3v) is 10.2. The first-order chi connectivity index (χ1) is 21.8. The Labute approximate surface area is 284 Å². The highest BCUT2D eigenvalue weighted by Crippen LogP contribution is 2.40. The van der Waals surface area contributed by atoms with Gasteiger partial charge >= 0.3 is 0 Å². The van der Waals surface area contributed by atoms with Crippen molar-refractivity contribution in [1.29, 1.82) is 0 Å². The second-order valence-electron chi connectivity index (χ2n) is 13.6. The van der Waals surface area contributed by atoms with Gasteiger partial charge in [-0.05, 0) is 49.7 Å². The van der Waals surface area contributed by atoms with Gasteiger partial charge in [0.2, 0.25) is 11.8 Å². The van der Waals surface area contributed by atoms with Crippen molar-refractivity contribution in [3.63, 3.8) is 0 Å². The summed E-state index contributed by atoms with van der Waals surface area (Å²) < 4.78 is 20.8. The molecule has 3 amide bonds. The van der Waals surface area contributed by atoms with E-state index in [4.69, 9.17) is 4.74 Å². The van der Waals surface area contributed by atoms with Crippen LogP contribution >= 0.6 is 27.3 Å². The van der Waals surface area contributed by atoms with Crippen LogP contribution in [0, 0.1) is 12.3 Å². The van der Waals surface area contributed by atoms with Gasteiger partial charge in [0, 0.05) is 30.4 Å². The first-order valence-corrected chi connectivity index (χ1v) is 18.3. The van der Waals surface area contributed by atoms with E-state index in [1.165, 1.54) is 24.2 Å². The number of amides is 3. The number of hydrogen-bond acceptors (Lipinski definition) is 7. The molecule has 1 aliphatic heterocycles. The standard InChI is InChI=1S/C34H48BrFN4O5S/c1-22-28(46-21-38-22)23-11-12-24(27(17-23)45-16-10-8-6-5-7-9-15-35)19-37-30(42)26-18-25(41)20-40(26)31(43)29(33(2,3)4)39-32(44)34(36)13-14-34/h11-12,17,21,25-26,29,41H,5-10,13-16,18-20H2,1-4H3,(H,37,42)(H,39,44)/t25-,26+,29-/m1/s1. The van der Waals surface area contributed by atoms with Crippen LogP contribution < -0.4 is 15.4 Å². The Bertz CT molecular complexity index is 1360. The number of aliphatic hydroxyl groups is 1. The number of thiazole rings is 1. The number of ether oxygens (including phenoxy) is 1. The fourth-order valence-electron chi connectivity index (χ4n) is 5.66. The Kier molecular flexibility index (Phi) is 12.6. The number of aryl methyl sites for hydroxylation is 1. The number of carbonyl (C=O) groups is 3. The molecule has 1 aromatic carbocycles. The lowest BCUT2D eigenvalue weighted by Crippen LogP contribution is -2.59. The van der Waals surface area contributed by atoms with E-state index in [2.05, 4.69) is 31.5 Å². The summed E-state index contributed by atoms with van der Waals surface area (Å²) in [6.07, 6.45) is 6.22. The monoisotopic (exact) mass is 722 g/mol. The highest BCUT2D eigenvalue weighted by molar-refractivity contribution is 9.09. The number of carbonyl (C=O) groups excluding carboxylic acids is 3. The summed E-state index contributed by atoms with van der Waals surface area (Å²) in [5.41, 5.74) is 1.86. The number of rotatable bonds is 16. The molecule has 0 bridgehead atoms. The highest BCUT2D eigenvalue weighted by Gasteiger charge is 2.53. The number of halogens is 2. The summed E-state index contributed by atoms with van der Waals surface area (Å²) in [5, 5.41) is 17.1. The van der Waals surface area contributed by atoms with Gasteiger partial charge in [-0.15, -0.1) is 11.3 Å². The molecule has 0 spiro atoms. The molecule has 1 aliphatic carbocycles. The summed E-state index contributed by atoms with van der Waals surface area (Å²) in [5.74, 6) is -1.05. The minimum absolute atomic E-state index is 0.0481. The number of unbranched alkanes of at least 4 members (excludes halogenated alkanes) is 5. The van der Waals surface area contributed by atoms with Crippen molar-refractivity contribution in [1.82, 2.24) is 20.5 Å². The van der Waals surface area contributed by atoms with Crippen LogP contribution in [0.15, 0.2) is 23.7 Å². The van der Waals surface area contributed by atoms with Crippen molar-refractivity contribution in [2.75, 3.05) is 18.5 Å². The lowest BCUT2D eigenvalue weighted by molar-refractivity contribution is -0.145. The number of likely N-dealkylation sites (tertiary alicyclic amines) is 1. The molecule has 12 heteroatoms. The molecule has 2 aliphatic rings. The normalized spacial score (nSPS) is 19.5. The van der Waals surface area contributed by atoms with E-state index in [1.54, 1.807) is 32.1 Å². The van der Waals surface area contributed by atoms with E-state index in [0.29, 0.717) is 12.4 Å². The third-order valence-electron chi connectivity index (χ3n) is 8.66. The first kappa shape index (κ1) is 36.3. The zero-order valence-corrected chi connectivity index (χ0v) is 29.8. The van der Waals surface area contributed by atoms with Crippen LogP contribution in [0.5, 0.6) is 5.75 Å². The van der Waals surface area contributed by atoms with Crippen LogP contribution in [0.4, 0.5) is 4.39 Å². The average Bonchev–Trinajstić information content (AvgIpc) is 3.42. The molecule has 0 unspecified atom stereocenters. The summed E-state index contributed by atoms with van der Waals surface area (Å²) in [4.78, 5) is 46.6. The second kappa shape index (κ2) is 16.0. The lowest BCUT2D eigenvalue weighted by atomic mass is 9.85. The number of nitrogens with zero attached hydrogens (tertiary/aromatic N) is 2. The molecular weight excluding hydrogens is 675 g/mol. The second-order valence-corrected chi connectivity index (χ2v) is 15.2. The molecule has 3 N–H and O–H groups in total. The zero-order valence-electron chi connectivity index (χ0n) is 27.4. The van der Waals surface area contributed by atoms with Crippen LogP contribution in [0.3, 0.4) is 0 Å². The van der Waals surface area contributed by atoms with Crippen LogP contribution in [0.1, 0.15) is 89.8 Å². The van der Waals surface area contributed by atoms with Gasteiger partial charge in [0.1, 0.15) is 17.8 Å². The Morgan fingerprint density at radius 2 is 1.87 bits per heavy atom. The van der Waals surface area contributed by atoms with Gasteiger partial charge in [0.25, 0.3) is 5.91 Å². The molecule has 2 heterocycles. The number of nitrogens with one attached hydrogen (secondary N) is 2. The number of β-amino-alcohol motifs (C(OH)–C–C–N with tert-alkyl or cyclic N) is 1. The summed E-state index contributed by atoms with van der Waals surface area (Å²) in [6.45, 7) is 7.98. The van der Waals surface area contributed by atoms with E-state index in [0.717, 1.165) is 46.3 Å². The SMILES string of the molecule is Cc1ncsc1-c1ccc(CNC(=O)[C@@H]2C[C@@H](O)CN2C(=O)[C@@H](NC(=O)C2(F)CC2)C(C)(C)C)c(OCCCCCCCCBr)c1. The van der Waals surface area contributed by atoms with Crippen LogP contribution in [-0.4, -0.2) is 75.1 Å². The molecule has 3 atom stereocenters. The summed E-state index contributed by atoms with van der Waals surface area (Å²) in [7, 11) is 0. The molecule has 254 valence electrons. The Hall–Kier alpha value is -2.57. The minimum Gasteiger partial charge on any atom is -0.493 e. The van der Waals surface area contributed by atoms with Crippen molar-refractivity contribution < 1.29 is 28.6 Å². The maximum absolute atomic E-state index is 14.5. The van der Waals surface area contributed by atoms with Crippen LogP contribution in [-0.2, 0) is 20.9 Å². The Morgan fingerprint density at radius 1 is 1.17 bits per heavy atom. The molecule has 46 heavy (non-hydrogen) atoms. The largest absolute Gasteiger partial charge is 0.493 e. The third kappa shape index (κ3) is 9.50. The van der Waals surface area contributed by atoms with Crippen molar-refractivity contribution in [3.8, 4) is 16.2 Å². The zero-order chi connectivity index (χ0) is 33.5.